The third-order valence-electron chi connectivity index (χ3n) is 3.92. The second-order valence-corrected chi connectivity index (χ2v) is 5.19. The van der Waals surface area contributed by atoms with E-state index in [1.54, 1.807) is 7.11 Å². The van der Waals surface area contributed by atoms with Gasteiger partial charge in [0.2, 0.25) is 0 Å². The van der Waals surface area contributed by atoms with Crippen LogP contribution in [0.1, 0.15) is 37.8 Å². The van der Waals surface area contributed by atoms with Crippen molar-refractivity contribution in [2.45, 2.75) is 32.2 Å². The summed E-state index contributed by atoms with van der Waals surface area (Å²) in [4.78, 5) is 2.60. The van der Waals surface area contributed by atoms with Crippen molar-refractivity contribution in [1.29, 1.82) is 0 Å². The summed E-state index contributed by atoms with van der Waals surface area (Å²) in [6.07, 6.45) is 3.74. The molecular weight excluding hydrogens is 307 g/mol. The van der Waals surface area contributed by atoms with Gasteiger partial charge in [-0.05, 0) is 12.5 Å². The Bertz CT molecular complexity index is 384. The van der Waals surface area contributed by atoms with Crippen molar-refractivity contribution in [3.05, 3.63) is 29.8 Å². The molecule has 3 nitrogen and oxygen atoms in total. The van der Waals surface area contributed by atoms with Gasteiger partial charge in [-0.15, -0.1) is 24.8 Å². The van der Waals surface area contributed by atoms with E-state index in [0.29, 0.717) is 6.04 Å². The van der Waals surface area contributed by atoms with E-state index >= 15 is 0 Å². The van der Waals surface area contributed by atoms with Gasteiger partial charge in [-0.3, -0.25) is 4.90 Å². The summed E-state index contributed by atoms with van der Waals surface area (Å²) >= 11 is 0. The average molecular weight is 335 g/mol. The lowest BCUT2D eigenvalue weighted by molar-refractivity contribution is 0.160. The van der Waals surface area contributed by atoms with Crippen molar-refractivity contribution < 1.29 is 4.74 Å². The number of piperazine rings is 1. The molecule has 1 N–H and O–H groups in total. The van der Waals surface area contributed by atoms with E-state index in [4.69, 9.17) is 4.74 Å². The Labute approximate surface area is 141 Å². The van der Waals surface area contributed by atoms with Crippen LogP contribution in [0.15, 0.2) is 24.3 Å². The van der Waals surface area contributed by atoms with Crippen molar-refractivity contribution in [3.8, 4) is 5.75 Å². The third kappa shape index (κ3) is 5.67. The van der Waals surface area contributed by atoms with Crippen LogP contribution in [0, 0.1) is 0 Å². The first-order valence-corrected chi connectivity index (χ1v) is 7.44. The van der Waals surface area contributed by atoms with Gasteiger partial charge in [-0.25, -0.2) is 0 Å². The molecule has 1 saturated heterocycles. The van der Waals surface area contributed by atoms with E-state index in [0.717, 1.165) is 31.9 Å². The Kier molecular flexibility index (Phi) is 10.9. The highest BCUT2D eigenvalue weighted by Gasteiger charge is 2.23. The third-order valence-corrected chi connectivity index (χ3v) is 3.92. The smallest absolute Gasteiger partial charge is 0.123 e. The minimum Gasteiger partial charge on any atom is -0.496 e. The predicted molar refractivity (Wildman–Crippen MR) is 94.2 cm³/mol. The molecule has 0 radical (unpaired) electrons. The summed E-state index contributed by atoms with van der Waals surface area (Å²) in [5.74, 6) is 1.03. The number of benzene rings is 1. The van der Waals surface area contributed by atoms with Crippen LogP contribution in [0.4, 0.5) is 0 Å². The molecule has 0 aromatic heterocycles. The summed E-state index contributed by atoms with van der Waals surface area (Å²) < 4.78 is 5.55. The number of nitrogens with one attached hydrogen (secondary N) is 1. The number of halogens is 2. The van der Waals surface area contributed by atoms with Crippen LogP contribution < -0.4 is 10.1 Å². The minimum atomic E-state index is 0. The normalized spacial score (nSPS) is 16.5. The van der Waals surface area contributed by atoms with Crippen molar-refractivity contribution in [1.82, 2.24) is 10.2 Å². The van der Waals surface area contributed by atoms with Gasteiger partial charge in [0.25, 0.3) is 0 Å². The lowest BCUT2D eigenvalue weighted by atomic mass is 9.98. The van der Waals surface area contributed by atoms with Crippen molar-refractivity contribution in [3.63, 3.8) is 0 Å². The number of hydrogen-bond donors (Lipinski definition) is 1. The second kappa shape index (κ2) is 11.1. The van der Waals surface area contributed by atoms with E-state index in [9.17, 15) is 0 Å². The van der Waals surface area contributed by atoms with Gasteiger partial charge in [-0.2, -0.15) is 0 Å². The fraction of sp³-hybridized carbons (Fsp3) is 0.625. The van der Waals surface area contributed by atoms with Gasteiger partial charge < -0.3 is 10.1 Å². The molecule has 1 aliphatic rings. The van der Waals surface area contributed by atoms with Gasteiger partial charge in [-0.1, -0.05) is 38.0 Å². The average Bonchev–Trinajstić information content (AvgIpc) is 2.49. The van der Waals surface area contributed by atoms with Crippen molar-refractivity contribution in [2.24, 2.45) is 0 Å². The van der Waals surface area contributed by atoms with Crippen LogP contribution in [0.3, 0.4) is 0 Å². The molecule has 0 saturated carbocycles. The number of rotatable bonds is 6. The van der Waals surface area contributed by atoms with Gasteiger partial charge >= 0.3 is 0 Å². The second-order valence-electron chi connectivity index (χ2n) is 5.19. The molecule has 1 fully saturated rings. The first-order chi connectivity index (χ1) is 9.36. The van der Waals surface area contributed by atoms with Crippen LogP contribution in [-0.2, 0) is 0 Å². The molecule has 0 aliphatic carbocycles. The maximum Gasteiger partial charge on any atom is 0.123 e. The van der Waals surface area contributed by atoms with Crippen LogP contribution in [0.25, 0.3) is 0 Å². The van der Waals surface area contributed by atoms with Crippen molar-refractivity contribution >= 4 is 24.8 Å². The van der Waals surface area contributed by atoms with Gasteiger partial charge in [0, 0.05) is 37.8 Å². The zero-order valence-corrected chi connectivity index (χ0v) is 14.6. The first-order valence-electron chi connectivity index (χ1n) is 7.44. The highest BCUT2D eigenvalue weighted by atomic mass is 35.5. The molecule has 0 amide bonds. The molecule has 21 heavy (non-hydrogen) atoms. The van der Waals surface area contributed by atoms with Gasteiger partial charge in [0.1, 0.15) is 5.75 Å². The maximum atomic E-state index is 5.55. The quantitative estimate of drug-likeness (QED) is 0.858. The van der Waals surface area contributed by atoms with E-state index in [2.05, 4.69) is 41.4 Å². The molecule has 1 aliphatic heterocycles. The first kappa shape index (κ1) is 20.5. The van der Waals surface area contributed by atoms with Gasteiger partial charge in [0.15, 0.2) is 0 Å². The molecule has 0 spiro atoms. The number of nitrogens with zero attached hydrogens (tertiary/aromatic N) is 1. The highest BCUT2D eigenvalue weighted by Crippen LogP contribution is 2.33. The number of para-hydroxylation sites is 1. The highest BCUT2D eigenvalue weighted by molar-refractivity contribution is 5.85. The van der Waals surface area contributed by atoms with Gasteiger partial charge in [0.05, 0.1) is 7.11 Å². The molecule has 2 rings (SSSR count). The summed E-state index contributed by atoms with van der Waals surface area (Å²) in [6.45, 7) is 6.71. The van der Waals surface area contributed by atoms with Crippen molar-refractivity contribution in [2.75, 3.05) is 33.3 Å². The van der Waals surface area contributed by atoms with E-state index in [1.165, 1.54) is 24.8 Å². The Balaban J connectivity index is 0.00000200. The number of hydrogen-bond acceptors (Lipinski definition) is 3. The lowest BCUT2D eigenvalue weighted by Gasteiger charge is -2.36. The fourth-order valence-electron chi connectivity index (χ4n) is 2.87. The fourth-order valence-corrected chi connectivity index (χ4v) is 2.87. The van der Waals surface area contributed by atoms with E-state index in [1.807, 2.05) is 0 Å². The minimum absolute atomic E-state index is 0. The van der Waals surface area contributed by atoms with E-state index < -0.39 is 0 Å². The Morgan fingerprint density at radius 2 is 1.86 bits per heavy atom. The summed E-state index contributed by atoms with van der Waals surface area (Å²) in [5.41, 5.74) is 1.35. The monoisotopic (exact) mass is 334 g/mol. The maximum absolute atomic E-state index is 5.55. The van der Waals surface area contributed by atoms with Crippen LogP contribution >= 0.6 is 24.8 Å². The van der Waals surface area contributed by atoms with Crippen LogP contribution in [0.5, 0.6) is 5.75 Å². The molecule has 0 bridgehead atoms. The Hall–Kier alpha value is -0.480. The Morgan fingerprint density at radius 1 is 1.19 bits per heavy atom. The number of unbranched alkanes of at least 4 members (excludes halogenated alkanes) is 1. The molecule has 1 aromatic carbocycles. The SMILES string of the molecule is CCCC[C@@H](c1ccccc1OC)N1CCNCC1.Cl.Cl. The number of methoxy groups -OCH3 is 1. The lowest BCUT2D eigenvalue weighted by Crippen LogP contribution is -2.45. The summed E-state index contributed by atoms with van der Waals surface area (Å²) in [5, 5.41) is 3.43. The van der Waals surface area contributed by atoms with E-state index in [-0.39, 0.29) is 24.8 Å². The largest absolute Gasteiger partial charge is 0.496 e. The molecule has 122 valence electrons. The number of ether oxygens (including phenoxy) is 1. The summed E-state index contributed by atoms with van der Waals surface area (Å²) in [7, 11) is 1.77. The Morgan fingerprint density at radius 3 is 2.48 bits per heavy atom. The summed E-state index contributed by atoms with van der Waals surface area (Å²) in [6, 6.07) is 8.98. The standard InChI is InChI=1S/C16H26N2O.2ClH/c1-3-4-8-15(18-12-10-17-11-13-18)14-7-5-6-9-16(14)19-2;;/h5-7,9,15,17H,3-4,8,10-13H2,1-2H3;2*1H/t15-;;/m0../s1. The van der Waals surface area contributed by atoms with Crippen LogP contribution in [0.2, 0.25) is 0 Å². The molecule has 5 heteroatoms. The molecule has 1 atom stereocenters. The molecule has 1 heterocycles. The zero-order chi connectivity index (χ0) is 13.5. The van der Waals surface area contributed by atoms with Crippen LogP contribution in [-0.4, -0.2) is 38.2 Å². The predicted octanol–water partition coefficient (Wildman–Crippen LogP) is 3.68. The topological polar surface area (TPSA) is 24.5 Å². The molecular formula is C16H28Cl2N2O. The zero-order valence-electron chi connectivity index (χ0n) is 13.0. The molecule has 0 unspecified atom stereocenters. The molecule has 1 aromatic rings.